The third-order valence-corrected chi connectivity index (χ3v) is 3.62. The second kappa shape index (κ2) is 6.86. The van der Waals surface area contributed by atoms with E-state index in [1.165, 1.54) is 11.8 Å². The molecule has 0 unspecified atom stereocenters. The minimum atomic E-state index is -0.823. The molecule has 1 aliphatic carbocycles. The van der Waals surface area contributed by atoms with Crippen LogP contribution in [0.15, 0.2) is 0 Å². The van der Waals surface area contributed by atoms with Crippen LogP contribution in [-0.2, 0) is 14.3 Å². The molecule has 1 amide bonds. The highest BCUT2D eigenvalue weighted by Gasteiger charge is 2.49. The largest absolute Gasteiger partial charge is 0.481 e. The summed E-state index contributed by atoms with van der Waals surface area (Å²) in [6.45, 7) is 3.56. The van der Waals surface area contributed by atoms with Crippen molar-refractivity contribution in [2.75, 3.05) is 31.3 Å². The first kappa shape index (κ1) is 14.3. The van der Waals surface area contributed by atoms with Gasteiger partial charge in [0, 0.05) is 18.9 Å². The van der Waals surface area contributed by atoms with E-state index in [-0.39, 0.29) is 17.1 Å². The highest BCUT2D eigenvalue weighted by Crippen LogP contribution is 2.46. The molecule has 1 fully saturated rings. The van der Waals surface area contributed by atoms with Crippen LogP contribution >= 0.6 is 11.8 Å². The fraction of sp³-hybridized carbons (Fsp3) is 0.818. The molecule has 0 aromatic rings. The van der Waals surface area contributed by atoms with Crippen LogP contribution in [0, 0.1) is 5.41 Å². The number of carbonyl (C=O) groups is 2. The third kappa shape index (κ3) is 4.95. The Bertz CT molecular complexity index is 279. The van der Waals surface area contributed by atoms with E-state index in [1.54, 1.807) is 0 Å². The Morgan fingerprint density at radius 1 is 1.47 bits per heavy atom. The highest BCUT2D eigenvalue weighted by atomic mass is 32.2. The van der Waals surface area contributed by atoms with Gasteiger partial charge in [0.1, 0.15) is 0 Å². The van der Waals surface area contributed by atoms with Crippen molar-refractivity contribution in [3.8, 4) is 0 Å². The third-order valence-electron chi connectivity index (χ3n) is 2.68. The molecule has 17 heavy (non-hydrogen) atoms. The standard InChI is InChI=1S/C11H19NO4S/c1-2-16-8-11(3-4-11)10(15)12-5-6-17-7-9(13)14/h2-8H2,1H3,(H,12,15)(H,13,14). The summed E-state index contributed by atoms with van der Waals surface area (Å²) in [6, 6.07) is 0. The smallest absolute Gasteiger partial charge is 0.313 e. The zero-order valence-electron chi connectivity index (χ0n) is 10.0. The van der Waals surface area contributed by atoms with Crippen LogP contribution in [0.25, 0.3) is 0 Å². The van der Waals surface area contributed by atoms with E-state index in [0.717, 1.165) is 12.8 Å². The number of rotatable bonds is 9. The predicted octanol–water partition coefficient (Wildman–Crippen LogP) is 0.737. The van der Waals surface area contributed by atoms with E-state index in [4.69, 9.17) is 9.84 Å². The number of aliphatic carboxylic acids is 1. The second-order valence-electron chi connectivity index (χ2n) is 4.12. The van der Waals surface area contributed by atoms with Crippen LogP contribution in [-0.4, -0.2) is 48.2 Å². The summed E-state index contributed by atoms with van der Waals surface area (Å²) in [5, 5.41) is 11.3. The molecular formula is C11H19NO4S. The maximum atomic E-state index is 11.8. The molecule has 6 heteroatoms. The van der Waals surface area contributed by atoms with Gasteiger partial charge in [-0.2, -0.15) is 0 Å². The molecule has 0 spiro atoms. The van der Waals surface area contributed by atoms with Crippen molar-refractivity contribution < 1.29 is 19.4 Å². The van der Waals surface area contributed by atoms with Gasteiger partial charge in [0.05, 0.1) is 17.8 Å². The quantitative estimate of drug-likeness (QED) is 0.599. The molecule has 0 aliphatic heterocycles. The number of carboxylic acids is 1. The Morgan fingerprint density at radius 3 is 2.71 bits per heavy atom. The molecule has 0 atom stereocenters. The Morgan fingerprint density at radius 2 is 2.18 bits per heavy atom. The monoisotopic (exact) mass is 261 g/mol. The van der Waals surface area contributed by atoms with Crippen molar-refractivity contribution in [2.24, 2.45) is 5.41 Å². The van der Waals surface area contributed by atoms with Crippen LogP contribution in [0.4, 0.5) is 0 Å². The van der Waals surface area contributed by atoms with Gasteiger partial charge in [-0.25, -0.2) is 0 Å². The lowest BCUT2D eigenvalue weighted by Crippen LogP contribution is -2.36. The maximum absolute atomic E-state index is 11.8. The Labute approximate surface area is 105 Å². The van der Waals surface area contributed by atoms with E-state index >= 15 is 0 Å². The minimum Gasteiger partial charge on any atom is -0.481 e. The molecule has 1 rings (SSSR count). The number of carbonyl (C=O) groups excluding carboxylic acids is 1. The molecule has 0 saturated heterocycles. The second-order valence-corrected chi connectivity index (χ2v) is 5.22. The summed E-state index contributed by atoms with van der Waals surface area (Å²) in [6.07, 6.45) is 1.78. The molecule has 0 aromatic carbocycles. The van der Waals surface area contributed by atoms with Crippen LogP contribution in [0.2, 0.25) is 0 Å². The van der Waals surface area contributed by atoms with Gasteiger partial charge < -0.3 is 15.2 Å². The summed E-state index contributed by atoms with van der Waals surface area (Å²) in [7, 11) is 0. The van der Waals surface area contributed by atoms with Gasteiger partial charge in [-0.05, 0) is 19.8 Å². The van der Waals surface area contributed by atoms with Gasteiger partial charge in [0.15, 0.2) is 0 Å². The fourth-order valence-electron chi connectivity index (χ4n) is 1.47. The fourth-order valence-corrected chi connectivity index (χ4v) is 2.03. The van der Waals surface area contributed by atoms with Gasteiger partial charge in [-0.3, -0.25) is 9.59 Å². The zero-order valence-corrected chi connectivity index (χ0v) is 10.8. The summed E-state index contributed by atoms with van der Waals surface area (Å²) in [5.74, 6) is -0.0684. The van der Waals surface area contributed by atoms with Crippen molar-refractivity contribution in [2.45, 2.75) is 19.8 Å². The Kier molecular flexibility index (Phi) is 5.77. The summed E-state index contributed by atoms with van der Waals surface area (Å²) >= 11 is 1.31. The number of ether oxygens (including phenoxy) is 1. The van der Waals surface area contributed by atoms with Gasteiger partial charge in [-0.15, -0.1) is 11.8 Å². The molecule has 1 aliphatic rings. The van der Waals surface area contributed by atoms with Gasteiger partial charge >= 0.3 is 5.97 Å². The van der Waals surface area contributed by atoms with E-state index in [0.29, 0.717) is 25.5 Å². The molecule has 0 bridgehead atoms. The van der Waals surface area contributed by atoms with Crippen molar-refractivity contribution in [3.63, 3.8) is 0 Å². The summed E-state index contributed by atoms with van der Waals surface area (Å²) in [4.78, 5) is 22.1. The van der Waals surface area contributed by atoms with Crippen LogP contribution in [0.5, 0.6) is 0 Å². The van der Waals surface area contributed by atoms with Gasteiger partial charge in [0.25, 0.3) is 0 Å². The molecule has 0 radical (unpaired) electrons. The van der Waals surface area contributed by atoms with E-state index in [9.17, 15) is 9.59 Å². The van der Waals surface area contributed by atoms with Gasteiger partial charge in [0.2, 0.25) is 5.91 Å². The lowest BCUT2D eigenvalue weighted by Gasteiger charge is -2.14. The SMILES string of the molecule is CCOCC1(C(=O)NCCSCC(=O)O)CC1. The zero-order chi connectivity index (χ0) is 12.7. The Hall–Kier alpha value is -0.750. The topological polar surface area (TPSA) is 75.6 Å². The summed E-state index contributed by atoms with van der Waals surface area (Å²) < 4.78 is 5.30. The predicted molar refractivity (Wildman–Crippen MR) is 66.1 cm³/mol. The molecule has 2 N–H and O–H groups in total. The van der Waals surface area contributed by atoms with E-state index in [1.807, 2.05) is 6.92 Å². The Balaban J connectivity index is 2.10. The van der Waals surface area contributed by atoms with Crippen LogP contribution in [0.3, 0.4) is 0 Å². The normalized spacial score (nSPS) is 16.5. The lowest BCUT2D eigenvalue weighted by atomic mass is 10.1. The number of carboxylic acid groups (broad SMARTS) is 1. The first-order chi connectivity index (χ1) is 8.10. The van der Waals surface area contributed by atoms with Crippen molar-refractivity contribution in [1.82, 2.24) is 5.32 Å². The number of nitrogens with one attached hydrogen (secondary N) is 1. The molecule has 5 nitrogen and oxygen atoms in total. The van der Waals surface area contributed by atoms with E-state index < -0.39 is 5.97 Å². The molecule has 0 heterocycles. The number of thioether (sulfide) groups is 1. The first-order valence-corrected chi connectivity index (χ1v) is 6.92. The average molecular weight is 261 g/mol. The average Bonchev–Trinajstić information content (AvgIpc) is 3.06. The number of hydrogen-bond donors (Lipinski definition) is 2. The molecule has 1 saturated carbocycles. The maximum Gasteiger partial charge on any atom is 0.313 e. The molecular weight excluding hydrogens is 242 g/mol. The van der Waals surface area contributed by atoms with Crippen LogP contribution < -0.4 is 5.32 Å². The van der Waals surface area contributed by atoms with Crippen molar-refractivity contribution in [1.29, 1.82) is 0 Å². The lowest BCUT2D eigenvalue weighted by molar-refractivity contribution is -0.134. The highest BCUT2D eigenvalue weighted by molar-refractivity contribution is 7.99. The first-order valence-electron chi connectivity index (χ1n) is 5.76. The van der Waals surface area contributed by atoms with Crippen LogP contribution in [0.1, 0.15) is 19.8 Å². The molecule has 0 aromatic heterocycles. The molecule has 98 valence electrons. The number of hydrogen-bond acceptors (Lipinski definition) is 4. The van der Waals surface area contributed by atoms with Crippen molar-refractivity contribution >= 4 is 23.6 Å². The van der Waals surface area contributed by atoms with Crippen molar-refractivity contribution in [3.05, 3.63) is 0 Å². The summed E-state index contributed by atoms with van der Waals surface area (Å²) in [5.41, 5.74) is -0.298. The minimum absolute atomic E-state index is 0.0434. The number of amides is 1. The van der Waals surface area contributed by atoms with Gasteiger partial charge in [-0.1, -0.05) is 0 Å². The van der Waals surface area contributed by atoms with E-state index in [2.05, 4.69) is 5.32 Å².